The predicted molar refractivity (Wildman–Crippen MR) is 110 cm³/mol. The van der Waals surface area contributed by atoms with Gasteiger partial charge in [0.1, 0.15) is 16.5 Å². The number of methoxy groups -OCH3 is 1. The first kappa shape index (κ1) is 19.9. The fraction of sp³-hybridized carbons (Fsp3) is 0.273. The highest BCUT2D eigenvalue weighted by molar-refractivity contribution is 7.09. The molecule has 0 bridgehead atoms. The summed E-state index contributed by atoms with van der Waals surface area (Å²) in [6, 6.07) is 13.6. The molecule has 0 saturated heterocycles. The van der Waals surface area contributed by atoms with Crippen molar-refractivity contribution in [2.45, 2.75) is 32.3 Å². The average molecular weight is 397 g/mol. The van der Waals surface area contributed by atoms with Crippen molar-refractivity contribution in [1.29, 1.82) is 0 Å². The Kier molecular flexibility index (Phi) is 6.31. The van der Waals surface area contributed by atoms with Crippen molar-refractivity contribution in [1.82, 2.24) is 4.98 Å². The fourth-order valence-electron chi connectivity index (χ4n) is 3.16. The van der Waals surface area contributed by atoms with Gasteiger partial charge in [0, 0.05) is 17.5 Å². The molecule has 6 heteroatoms. The van der Waals surface area contributed by atoms with E-state index in [1.165, 1.54) is 11.3 Å². The minimum absolute atomic E-state index is 0.0156. The van der Waals surface area contributed by atoms with Crippen LogP contribution in [0.5, 0.6) is 11.5 Å². The third-order valence-electron chi connectivity index (χ3n) is 4.28. The topological polar surface area (TPSA) is 68.7 Å². The molecule has 0 amide bonds. The lowest BCUT2D eigenvalue weighted by atomic mass is 9.92. The molecule has 1 heterocycles. The second kappa shape index (κ2) is 8.89. The van der Waals surface area contributed by atoms with Gasteiger partial charge in [-0.3, -0.25) is 4.79 Å². The zero-order valence-electron chi connectivity index (χ0n) is 16.1. The molecule has 1 unspecified atom stereocenters. The Balaban J connectivity index is 2.09. The van der Waals surface area contributed by atoms with Crippen molar-refractivity contribution in [3.63, 3.8) is 0 Å². The number of carbonyl (C=O) groups is 1. The van der Waals surface area contributed by atoms with Crippen LogP contribution in [0.2, 0.25) is 0 Å². The summed E-state index contributed by atoms with van der Waals surface area (Å²) in [6.45, 7) is 3.95. The number of ether oxygens (including phenoxy) is 2. The van der Waals surface area contributed by atoms with E-state index in [4.69, 9.17) is 9.47 Å². The minimum Gasteiger partial charge on any atom is -0.496 e. The molecule has 0 saturated carbocycles. The van der Waals surface area contributed by atoms with Crippen LogP contribution >= 0.6 is 11.3 Å². The van der Waals surface area contributed by atoms with Gasteiger partial charge >= 0.3 is 5.97 Å². The maximum Gasteiger partial charge on any atom is 0.304 e. The van der Waals surface area contributed by atoms with Crippen LogP contribution in [0, 0.1) is 0 Å². The third-order valence-corrected chi connectivity index (χ3v) is 5.17. The Hall–Kier alpha value is -2.86. The van der Waals surface area contributed by atoms with Crippen LogP contribution in [0.15, 0.2) is 54.0 Å². The standard InChI is InChI=1S/C22H23NO4S/c1-14(2)27-19-9-5-8-18(26-3)21(19)16-7-4-6-15(12-16)17(13-20(24)25)22-23-10-11-28-22/h4-12,14,17H,13H2,1-3H3,(H,24,25). The first-order chi connectivity index (χ1) is 13.5. The Morgan fingerprint density at radius 2 is 1.93 bits per heavy atom. The van der Waals surface area contributed by atoms with Gasteiger partial charge < -0.3 is 14.6 Å². The smallest absolute Gasteiger partial charge is 0.304 e. The van der Waals surface area contributed by atoms with Crippen LogP contribution in [0.4, 0.5) is 0 Å². The molecule has 5 nitrogen and oxygen atoms in total. The number of carboxylic acid groups (broad SMARTS) is 1. The fourth-order valence-corrected chi connectivity index (χ4v) is 3.92. The van der Waals surface area contributed by atoms with Gasteiger partial charge in [-0.05, 0) is 37.1 Å². The second-order valence-electron chi connectivity index (χ2n) is 6.65. The van der Waals surface area contributed by atoms with Gasteiger partial charge in [0.25, 0.3) is 0 Å². The first-order valence-electron chi connectivity index (χ1n) is 9.04. The molecular weight excluding hydrogens is 374 g/mol. The normalized spacial score (nSPS) is 12.0. The van der Waals surface area contributed by atoms with Gasteiger partial charge in [-0.2, -0.15) is 0 Å². The summed E-state index contributed by atoms with van der Waals surface area (Å²) in [7, 11) is 1.63. The molecule has 0 aliphatic heterocycles. The number of benzene rings is 2. The largest absolute Gasteiger partial charge is 0.496 e. The van der Waals surface area contributed by atoms with Crippen LogP contribution in [-0.4, -0.2) is 29.3 Å². The van der Waals surface area contributed by atoms with Gasteiger partial charge in [-0.1, -0.05) is 30.3 Å². The molecule has 1 N–H and O–H groups in total. The Bertz CT molecular complexity index is 937. The molecule has 0 spiro atoms. The van der Waals surface area contributed by atoms with Gasteiger partial charge in [0.05, 0.1) is 25.2 Å². The maximum atomic E-state index is 11.4. The quantitative estimate of drug-likeness (QED) is 0.565. The molecule has 0 aliphatic rings. The average Bonchev–Trinajstić information content (AvgIpc) is 3.20. The monoisotopic (exact) mass is 397 g/mol. The highest BCUT2D eigenvalue weighted by atomic mass is 32.1. The van der Waals surface area contributed by atoms with E-state index in [0.29, 0.717) is 5.75 Å². The van der Waals surface area contributed by atoms with E-state index < -0.39 is 5.97 Å². The maximum absolute atomic E-state index is 11.4. The van der Waals surface area contributed by atoms with Crippen LogP contribution in [0.1, 0.15) is 36.8 Å². The highest BCUT2D eigenvalue weighted by Gasteiger charge is 2.22. The van der Waals surface area contributed by atoms with Crippen molar-refractivity contribution in [2.75, 3.05) is 7.11 Å². The van der Waals surface area contributed by atoms with Gasteiger partial charge in [-0.15, -0.1) is 11.3 Å². The molecule has 28 heavy (non-hydrogen) atoms. The molecule has 1 aromatic heterocycles. The lowest BCUT2D eigenvalue weighted by molar-refractivity contribution is -0.137. The van der Waals surface area contributed by atoms with Crippen molar-refractivity contribution in [3.05, 3.63) is 64.6 Å². The Labute approximate surface area is 168 Å². The van der Waals surface area contributed by atoms with Crippen LogP contribution in [0.3, 0.4) is 0 Å². The summed E-state index contributed by atoms with van der Waals surface area (Å²) in [4.78, 5) is 15.8. The highest BCUT2D eigenvalue weighted by Crippen LogP contribution is 2.40. The summed E-state index contributed by atoms with van der Waals surface area (Å²) < 4.78 is 11.6. The summed E-state index contributed by atoms with van der Waals surface area (Å²) in [5, 5.41) is 12.0. The SMILES string of the molecule is COc1cccc(OC(C)C)c1-c1cccc(C(CC(=O)O)c2nccs2)c1. The van der Waals surface area contributed by atoms with Gasteiger partial charge in [-0.25, -0.2) is 4.98 Å². The summed E-state index contributed by atoms with van der Waals surface area (Å²) in [6.07, 6.45) is 1.70. The van der Waals surface area contributed by atoms with E-state index in [1.807, 2.05) is 61.7 Å². The lowest BCUT2D eigenvalue weighted by Gasteiger charge is -2.19. The first-order valence-corrected chi connectivity index (χ1v) is 9.92. The summed E-state index contributed by atoms with van der Waals surface area (Å²) >= 11 is 1.46. The summed E-state index contributed by atoms with van der Waals surface area (Å²) in [5.74, 6) is 0.281. The molecule has 0 aliphatic carbocycles. The van der Waals surface area contributed by atoms with Crippen molar-refractivity contribution in [3.8, 4) is 22.6 Å². The molecule has 2 aromatic carbocycles. The molecule has 3 aromatic rings. The van der Waals surface area contributed by atoms with Crippen LogP contribution in [0.25, 0.3) is 11.1 Å². The number of aliphatic carboxylic acids is 1. The molecular formula is C22H23NO4S. The Morgan fingerprint density at radius 1 is 1.18 bits per heavy atom. The zero-order valence-corrected chi connectivity index (χ0v) is 16.9. The van der Waals surface area contributed by atoms with Crippen LogP contribution in [-0.2, 0) is 4.79 Å². The Morgan fingerprint density at radius 3 is 2.57 bits per heavy atom. The molecule has 0 fully saturated rings. The van der Waals surface area contributed by atoms with E-state index in [9.17, 15) is 9.90 Å². The van der Waals surface area contributed by atoms with Gasteiger partial charge in [0.15, 0.2) is 0 Å². The van der Waals surface area contributed by atoms with Crippen molar-refractivity contribution < 1.29 is 19.4 Å². The van der Waals surface area contributed by atoms with E-state index >= 15 is 0 Å². The lowest BCUT2D eigenvalue weighted by Crippen LogP contribution is -2.08. The zero-order chi connectivity index (χ0) is 20.1. The van der Waals surface area contributed by atoms with Crippen LogP contribution < -0.4 is 9.47 Å². The number of hydrogen-bond acceptors (Lipinski definition) is 5. The number of nitrogens with zero attached hydrogens (tertiary/aromatic N) is 1. The molecule has 0 radical (unpaired) electrons. The number of carboxylic acids is 1. The van der Waals surface area contributed by atoms with E-state index in [1.54, 1.807) is 13.3 Å². The number of rotatable bonds is 8. The van der Waals surface area contributed by atoms with E-state index in [2.05, 4.69) is 4.98 Å². The van der Waals surface area contributed by atoms with Crippen molar-refractivity contribution in [2.24, 2.45) is 0 Å². The number of hydrogen-bond donors (Lipinski definition) is 1. The summed E-state index contributed by atoms with van der Waals surface area (Å²) in [5.41, 5.74) is 2.67. The number of thiazole rings is 1. The number of aromatic nitrogens is 1. The predicted octanol–water partition coefficient (Wildman–Crippen LogP) is 5.21. The molecule has 3 rings (SSSR count). The second-order valence-corrected chi connectivity index (χ2v) is 7.57. The van der Waals surface area contributed by atoms with Crippen molar-refractivity contribution >= 4 is 17.3 Å². The minimum atomic E-state index is -0.855. The molecule has 146 valence electrons. The third kappa shape index (κ3) is 4.51. The van der Waals surface area contributed by atoms with E-state index in [-0.39, 0.29) is 18.4 Å². The van der Waals surface area contributed by atoms with E-state index in [0.717, 1.165) is 27.4 Å². The van der Waals surface area contributed by atoms with Gasteiger partial charge in [0.2, 0.25) is 0 Å². The molecule has 1 atom stereocenters.